The maximum absolute atomic E-state index is 12.9. The second-order valence-corrected chi connectivity index (χ2v) is 7.65. The van der Waals surface area contributed by atoms with Crippen molar-refractivity contribution < 1.29 is 18.5 Å². The van der Waals surface area contributed by atoms with Crippen molar-refractivity contribution in [2.24, 2.45) is 0 Å². The standard InChI is InChI=1S/C16H16BrO4P/c17-15-11-12-19-22(18,20-14-9-5-2-6-10-14)21-16(15)13-7-3-1-4-8-13/h1-10,15-16H,11-12H2/t15-,16+,22?/m1/s1. The summed E-state index contributed by atoms with van der Waals surface area (Å²) < 4.78 is 16.7. The Morgan fingerprint density at radius 1 is 1.05 bits per heavy atom. The van der Waals surface area contributed by atoms with Crippen LogP contribution in [0, 0.1) is 0 Å². The Hall–Kier alpha value is -0.970. The molecule has 1 unspecified atom stereocenters. The van der Waals surface area contributed by atoms with E-state index < -0.39 is 14.3 Å². The lowest BCUT2D eigenvalue weighted by Crippen LogP contribution is -2.23. The Morgan fingerprint density at radius 3 is 2.36 bits per heavy atom. The summed E-state index contributed by atoms with van der Waals surface area (Å²) >= 11 is 3.60. The number of para-hydroxylation sites is 1. The third kappa shape index (κ3) is 3.86. The van der Waals surface area contributed by atoms with Gasteiger partial charge in [-0.1, -0.05) is 64.5 Å². The molecule has 3 rings (SSSR count). The van der Waals surface area contributed by atoms with Gasteiger partial charge in [0.15, 0.2) is 5.75 Å². The number of hydrogen-bond donors (Lipinski definition) is 0. The fourth-order valence-corrected chi connectivity index (χ4v) is 4.41. The second-order valence-electron chi connectivity index (χ2n) is 4.93. The van der Waals surface area contributed by atoms with E-state index in [2.05, 4.69) is 15.9 Å². The summed E-state index contributed by atoms with van der Waals surface area (Å²) in [7, 11) is -3.67. The maximum Gasteiger partial charge on any atom is 0.429 e. The Labute approximate surface area is 138 Å². The van der Waals surface area contributed by atoms with Crippen LogP contribution < -0.4 is 9.42 Å². The summed E-state index contributed by atoms with van der Waals surface area (Å²) in [6.45, 7) is 0.309. The number of halogens is 1. The van der Waals surface area contributed by atoms with E-state index in [0.29, 0.717) is 18.8 Å². The lowest BCUT2D eigenvalue weighted by molar-refractivity contribution is -0.241. The first kappa shape index (κ1) is 15.9. The van der Waals surface area contributed by atoms with Gasteiger partial charge in [-0.05, 0) is 24.1 Å². The van der Waals surface area contributed by atoms with Crippen LogP contribution in [0.4, 0.5) is 0 Å². The van der Waals surface area contributed by atoms with E-state index in [1.165, 1.54) is 0 Å². The zero-order valence-electron chi connectivity index (χ0n) is 11.8. The molecule has 0 amide bonds. The van der Waals surface area contributed by atoms with Gasteiger partial charge in [0.1, 0.15) is 6.10 Å². The van der Waals surface area contributed by atoms with Crippen molar-refractivity contribution in [3.8, 4) is 5.75 Å². The van der Waals surface area contributed by atoms with Crippen molar-refractivity contribution in [3.05, 3.63) is 66.2 Å². The monoisotopic (exact) mass is 382 g/mol. The molecule has 1 aliphatic heterocycles. The molecule has 4 nitrogen and oxygen atoms in total. The van der Waals surface area contributed by atoms with Crippen LogP contribution in [0.25, 0.3) is 0 Å². The van der Waals surface area contributed by atoms with E-state index in [1.807, 2.05) is 36.4 Å². The molecule has 0 aromatic heterocycles. The Morgan fingerprint density at radius 2 is 1.68 bits per heavy atom. The van der Waals surface area contributed by atoms with Crippen LogP contribution in [-0.2, 0) is 9.05 Å². The molecule has 6 heteroatoms. The third-order valence-corrected chi connectivity index (χ3v) is 5.66. The summed E-state index contributed by atoms with van der Waals surface area (Å²) in [5.41, 5.74) is 0.937. The Kier molecular flexibility index (Phi) is 5.11. The molecule has 3 atom stereocenters. The van der Waals surface area contributed by atoms with Gasteiger partial charge in [0, 0.05) is 0 Å². The highest BCUT2D eigenvalue weighted by atomic mass is 79.9. The van der Waals surface area contributed by atoms with Gasteiger partial charge < -0.3 is 4.89 Å². The van der Waals surface area contributed by atoms with Crippen molar-refractivity contribution >= 4 is 24.1 Å². The quantitative estimate of drug-likeness (QED) is 0.593. The predicted octanol–water partition coefficient (Wildman–Crippen LogP) is 4.05. The van der Waals surface area contributed by atoms with E-state index >= 15 is 0 Å². The minimum Gasteiger partial charge on any atom is -0.598 e. The molecule has 1 fully saturated rings. The molecule has 0 bridgehead atoms. The summed E-state index contributed by atoms with van der Waals surface area (Å²) in [5.74, 6) is 0.464. The molecule has 1 heterocycles. The fourth-order valence-electron chi connectivity index (χ4n) is 2.23. The number of benzene rings is 2. The molecule has 2 aromatic rings. The van der Waals surface area contributed by atoms with Crippen molar-refractivity contribution in [2.45, 2.75) is 17.4 Å². The summed E-state index contributed by atoms with van der Waals surface area (Å²) in [4.78, 5) is 12.9. The van der Waals surface area contributed by atoms with Crippen LogP contribution in [-0.4, -0.2) is 11.4 Å². The van der Waals surface area contributed by atoms with Crippen molar-refractivity contribution in [2.75, 3.05) is 6.61 Å². The number of rotatable bonds is 3. The number of phosphoric acid groups is 1. The van der Waals surface area contributed by atoms with E-state index in [9.17, 15) is 4.89 Å². The van der Waals surface area contributed by atoms with Crippen LogP contribution in [0.15, 0.2) is 60.7 Å². The molecule has 2 aromatic carbocycles. The molecule has 0 aliphatic carbocycles. The lowest BCUT2D eigenvalue weighted by Gasteiger charge is -2.27. The first-order valence-electron chi connectivity index (χ1n) is 7.03. The number of hydrogen-bond acceptors (Lipinski definition) is 4. The molecule has 1 aliphatic rings. The summed E-state index contributed by atoms with van der Waals surface area (Å²) in [5, 5.41) is 0. The van der Waals surface area contributed by atoms with Gasteiger partial charge in [0.05, 0.1) is 11.4 Å². The minimum absolute atomic E-state index is 0.00472. The van der Waals surface area contributed by atoms with E-state index in [1.54, 1.807) is 24.3 Å². The van der Waals surface area contributed by atoms with E-state index in [0.717, 1.165) is 5.56 Å². The first-order chi connectivity index (χ1) is 10.7. The smallest absolute Gasteiger partial charge is 0.429 e. The van der Waals surface area contributed by atoms with Gasteiger partial charge >= 0.3 is 8.17 Å². The van der Waals surface area contributed by atoms with Crippen LogP contribution in [0.3, 0.4) is 0 Å². The number of phosphoric ester groups is 1. The summed E-state index contributed by atoms with van der Waals surface area (Å²) in [6.07, 6.45) is 0.292. The van der Waals surface area contributed by atoms with Crippen LogP contribution in [0.2, 0.25) is 0 Å². The maximum atomic E-state index is 12.9. The van der Waals surface area contributed by atoms with Crippen LogP contribution in [0.1, 0.15) is 18.1 Å². The Bertz CT molecular complexity index is 598. The van der Waals surface area contributed by atoms with Crippen molar-refractivity contribution in [3.63, 3.8) is 0 Å². The lowest BCUT2D eigenvalue weighted by atomic mass is 10.1. The molecule has 0 spiro atoms. The highest BCUT2D eigenvalue weighted by Crippen LogP contribution is 2.59. The first-order valence-corrected chi connectivity index (χ1v) is 9.40. The molecular weight excluding hydrogens is 367 g/mol. The SMILES string of the molecule is [O-][P+]1(Oc2ccccc2)OCC[C@@H](Br)[C@H](c2ccccc2)O1. The zero-order chi connectivity index (χ0) is 15.4. The molecule has 0 N–H and O–H groups in total. The second kappa shape index (κ2) is 7.07. The van der Waals surface area contributed by atoms with Crippen molar-refractivity contribution in [1.82, 2.24) is 0 Å². The molecular formula is C16H16BrO4P. The van der Waals surface area contributed by atoms with Gasteiger partial charge in [0.2, 0.25) is 0 Å². The molecule has 1 saturated heterocycles. The van der Waals surface area contributed by atoms with Gasteiger partial charge in [-0.25, -0.2) is 0 Å². The average molecular weight is 383 g/mol. The number of alkyl halides is 1. The van der Waals surface area contributed by atoms with Crippen LogP contribution >= 0.6 is 24.1 Å². The zero-order valence-corrected chi connectivity index (χ0v) is 14.3. The molecule has 116 valence electrons. The van der Waals surface area contributed by atoms with Crippen LogP contribution in [0.5, 0.6) is 5.75 Å². The molecule has 0 saturated carbocycles. The third-order valence-electron chi connectivity index (χ3n) is 3.30. The predicted molar refractivity (Wildman–Crippen MR) is 87.5 cm³/mol. The van der Waals surface area contributed by atoms with Crippen molar-refractivity contribution in [1.29, 1.82) is 0 Å². The largest absolute Gasteiger partial charge is 0.598 e. The van der Waals surface area contributed by atoms with E-state index in [4.69, 9.17) is 13.6 Å². The Balaban J connectivity index is 1.83. The van der Waals surface area contributed by atoms with Gasteiger partial charge in [-0.2, -0.15) is 9.05 Å². The normalized spacial score (nSPS) is 28.8. The topological polar surface area (TPSA) is 50.8 Å². The summed E-state index contributed by atoms with van der Waals surface area (Å²) in [6, 6.07) is 18.6. The highest BCUT2D eigenvalue weighted by Gasteiger charge is 2.44. The average Bonchev–Trinajstić information content (AvgIpc) is 2.68. The van der Waals surface area contributed by atoms with Gasteiger partial charge in [-0.15, -0.1) is 0 Å². The molecule has 22 heavy (non-hydrogen) atoms. The van der Waals surface area contributed by atoms with Gasteiger partial charge in [-0.3, -0.25) is 4.52 Å². The minimum atomic E-state index is -3.67. The van der Waals surface area contributed by atoms with E-state index in [-0.39, 0.29) is 4.83 Å². The molecule has 0 radical (unpaired) electrons. The fraction of sp³-hybridized carbons (Fsp3) is 0.250. The van der Waals surface area contributed by atoms with Gasteiger partial charge in [0.25, 0.3) is 0 Å². The highest BCUT2D eigenvalue weighted by molar-refractivity contribution is 9.09.